The lowest BCUT2D eigenvalue weighted by molar-refractivity contribution is 0.319. The molecule has 4 nitrogen and oxygen atoms in total. The average Bonchev–Trinajstić information content (AvgIpc) is 2.54. The lowest BCUT2D eigenvalue weighted by Crippen LogP contribution is -2.13. The molecule has 0 atom stereocenters. The largest absolute Gasteiger partial charge is 0.493 e. The van der Waals surface area contributed by atoms with E-state index in [0.717, 1.165) is 41.3 Å². The third-order valence-corrected chi connectivity index (χ3v) is 3.08. The van der Waals surface area contributed by atoms with Crippen LogP contribution in [0.3, 0.4) is 0 Å². The van der Waals surface area contributed by atoms with Gasteiger partial charge < -0.3 is 14.8 Å². The number of nitrogens with one attached hydrogen (secondary N) is 1. The number of methoxy groups -OCH3 is 1. The van der Waals surface area contributed by atoms with Gasteiger partial charge in [0.1, 0.15) is 6.61 Å². The first-order chi connectivity index (χ1) is 10.7. The quantitative estimate of drug-likeness (QED) is 0.759. The smallest absolute Gasteiger partial charge is 0.161 e. The SMILES string of the molecule is C=C(C)COc1cc(CNCc2cccnc2)ccc1OC. The monoisotopic (exact) mass is 298 g/mol. The zero-order valence-corrected chi connectivity index (χ0v) is 13.1. The first kappa shape index (κ1) is 16.0. The van der Waals surface area contributed by atoms with Gasteiger partial charge in [-0.2, -0.15) is 0 Å². The predicted octanol–water partition coefficient (Wildman–Crippen LogP) is 3.33. The van der Waals surface area contributed by atoms with Gasteiger partial charge >= 0.3 is 0 Å². The molecule has 0 aliphatic rings. The van der Waals surface area contributed by atoms with Gasteiger partial charge in [-0.15, -0.1) is 0 Å². The molecule has 22 heavy (non-hydrogen) atoms. The molecule has 0 bridgehead atoms. The van der Waals surface area contributed by atoms with Gasteiger partial charge in [0, 0.05) is 25.5 Å². The Balaban J connectivity index is 1.95. The predicted molar refractivity (Wildman–Crippen MR) is 88.1 cm³/mol. The van der Waals surface area contributed by atoms with Gasteiger partial charge in [-0.05, 0) is 41.8 Å². The molecule has 1 N–H and O–H groups in total. The first-order valence-electron chi connectivity index (χ1n) is 7.22. The number of benzene rings is 1. The van der Waals surface area contributed by atoms with Gasteiger partial charge in [-0.1, -0.05) is 18.7 Å². The molecule has 0 radical (unpaired) electrons. The summed E-state index contributed by atoms with van der Waals surface area (Å²) in [6.07, 6.45) is 3.64. The Kier molecular flexibility index (Phi) is 5.98. The van der Waals surface area contributed by atoms with E-state index in [1.54, 1.807) is 13.3 Å². The van der Waals surface area contributed by atoms with Crippen molar-refractivity contribution < 1.29 is 9.47 Å². The summed E-state index contributed by atoms with van der Waals surface area (Å²) in [5.74, 6) is 1.48. The standard InChI is InChI=1S/C18H22N2O2/c1-14(2)13-22-18-9-15(6-7-17(18)21-3)10-20-12-16-5-4-8-19-11-16/h4-9,11,20H,1,10,12-13H2,2-3H3. The Morgan fingerprint density at radius 3 is 2.68 bits per heavy atom. The fourth-order valence-electron chi connectivity index (χ4n) is 2.00. The van der Waals surface area contributed by atoms with Crippen molar-refractivity contribution in [2.45, 2.75) is 20.0 Å². The van der Waals surface area contributed by atoms with Crippen molar-refractivity contribution in [3.05, 3.63) is 66.0 Å². The highest BCUT2D eigenvalue weighted by Gasteiger charge is 2.06. The molecule has 116 valence electrons. The van der Waals surface area contributed by atoms with Crippen LogP contribution in [0.1, 0.15) is 18.1 Å². The molecule has 1 aromatic carbocycles. The van der Waals surface area contributed by atoms with Crippen LogP contribution in [-0.2, 0) is 13.1 Å². The molecule has 0 fully saturated rings. The van der Waals surface area contributed by atoms with Gasteiger partial charge in [-0.3, -0.25) is 4.98 Å². The molecular weight excluding hydrogens is 276 g/mol. The average molecular weight is 298 g/mol. The number of ether oxygens (including phenoxy) is 2. The Bertz CT molecular complexity index is 612. The summed E-state index contributed by atoms with van der Waals surface area (Å²) in [6, 6.07) is 9.94. The Labute approximate surface area is 131 Å². The number of hydrogen-bond donors (Lipinski definition) is 1. The molecule has 0 spiro atoms. The second-order valence-electron chi connectivity index (χ2n) is 5.20. The van der Waals surface area contributed by atoms with Crippen molar-refractivity contribution >= 4 is 0 Å². The summed E-state index contributed by atoms with van der Waals surface area (Å²) < 4.78 is 11.1. The molecule has 0 saturated carbocycles. The molecule has 0 unspecified atom stereocenters. The van der Waals surface area contributed by atoms with Crippen LogP contribution in [0.15, 0.2) is 54.9 Å². The molecule has 2 aromatic rings. The third-order valence-electron chi connectivity index (χ3n) is 3.08. The van der Waals surface area contributed by atoms with E-state index in [-0.39, 0.29) is 0 Å². The van der Waals surface area contributed by atoms with E-state index in [1.165, 1.54) is 0 Å². The lowest BCUT2D eigenvalue weighted by atomic mass is 10.2. The highest BCUT2D eigenvalue weighted by Crippen LogP contribution is 2.28. The molecule has 1 aromatic heterocycles. The number of hydrogen-bond acceptors (Lipinski definition) is 4. The fourth-order valence-corrected chi connectivity index (χ4v) is 2.00. The van der Waals surface area contributed by atoms with E-state index in [9.17, 15) is 0 Å². The minimum absolute atomic E-state index is 0.489. The van der Waals surface area contributed by atoms with E-state index >= 15 is 0 Å². The number of nitrogens with zero attached hydrogens (tertiary/aromatic N) is 1. The summed E-state index contributed by atoms with van der Waals surface area (Å²) >= 11 is 0. The van der Waals surface area contributed by atoms with E-state index in [1.807, 2.05) is 37.4 Å². The van der Waals surface area contributed by atoms with Gasteiger partial charge in [0.2, 0.25) is 0 Å². The second-order valence-corrected chi connectivity index (χ2v) is 5.20. The van der Waals surface area contributed by atoms with Crippen LogP contribution >= 0.6 is 0 Å². The van der Waals surface area contributed by atoms with Crippen molar-refractivity contribution in [1.29, 1.82) is 0 Å². The number of pyridine rings is 1. The van der Waals surface area contributed by atoms with E-state index < -0.39 is 0 Å². The summed E-state index contributed by atoms with van der Waals surface area (Å²) in [7, 11) is 1.64. The van der Waals surface area contributed by atoms with Crippen molar-refractivity contribution in [1.82, 2.24) is 10.3 Å². The van der Waals surface area contributed by atoms with Crippen LogP contribution in [0.4, 0.5) is 0 Å². The van der Waals surface area contributed by atoms with Crippen molar-refractivity contribution in [2.75, 3.05) is 13.7 Å². The lowest BCUT2D eigenvalue weighted by Gasteiger charge is -2.13. The molecule has 0 saturated heterocycles. The van der Waals surface area contributed by atoms with Crippen LogP contribution in [0.25, 0.3) is 0 Å². The van der Waals surface area contributed by atoms with E-state index in [2.05, 4.69) is 22.9 Å². The van der Waals surface area contributed by atoms with Crippen LogP contribution in [0, 0.1) is 0 Å². The topological polar surface area (TPSA) is 43.4 Å². The fraction of sp³-hybridized carbons (Fsp3) is 0.278. The molecule has 1 heterocycles. The minimum atomic E-state index is 0.489. The highest BCUT2D eigenvalue weighted by molar-refractivity contribution is 5.43. The molecule has 0 amide bonds. The zero-order valence-electron chi connectivity index (χ0n) is 13.1. The van der Waals surface area contributed by atoms with Crippen LogP contribution in [-0.4, -0.2) is 18.7 Å². The van der Waals surface area contributed by atoms with E-state index in [4.69, 9.17) is 9.47 Å². The summed E-state index contributed by atoms with van der Waals surface area (Å²) in [4.78, 5) is 4.10. The Morgan fingerprint density at radius 2 is 2.00 bits per heavy atom. The molecular formula is C18H22N2O2. The van der Waals surface area contributed by atoms with Gasteiger partial charge in [0.15, 0.2) is 11.5 Å². The van der Waals surface area contributed by atoms with Crippen molar-refractivity contribution in [2.24, 2.45) is 0 Å². The van der Waals surface area contributed by atoms with Crippen LogP contribution < -0.4 is 14.8 Å². The number of rotatable bonds is 8. The van der Waals surface area contributed by atoms with Crippen molar-refractivity contribution in [3.63, 3.8) is 0 Å². The maximum Gasteiger partial charge on any atom is 0.161 e. The minimum Gasteiger partial charge on any atom is -0.493 e. The molecule has 4 heteroatoms. The second kappa shape index (κ2) is 8.20. The van der Waals surface area contributed by atoms with Crippen LogP contribution in [0.5, 0.6) is 11.5 Å². The summed E-state index contributed by atoms with van der Waals surface area (Å²) in [6.45, 7) is 7.80. The number of aromatic nitrogens is 1. The maximum absolute atomic E-state index is 5.73. The maximum atomic E-state index is 5.73. The van der Waals surface area contributed by atoms with E-state index in [0.29, 0.717) is 6.61 Å². The molecule has 2 rings (SSSR count). The van der Waals surface area contributed by atoms with Crippen molar-refractivity contribution in [3.8, 4) is 11.5 Å². The Morgan fingerprint density at radius 1 is 1.18 bits per heavy atom. The summed E-state index contributed by atoms with van der Waals surface area (Å²) in [5.41, 5.74) is 3.28. The zero-order chi connectivity index (χ0) is 15.8. The van der Waals surface area contributed by atoms with Gasteiger partial charge in [-0.25, -0.2) is 0 Å². The third kappa shape index (κ3) is 4.90. The first-order valence-corrected chi connectivity index (χ1v) is 7.22. The van der Waals surface area contributed by atoms with Gasteiger partial charge in [0.25, 0.3) is 0 Å². The molecule has 0 aliphatic heterocycles. The molecule has 0 aliphatic carbocycles. The Hall–Kier alpha value is -2.33. The summed E-state index contributed by atoms with van der Waals surface area (Å²) in [5, 5.41) is 3.39. The van der Waals surface area contributed by atoms with Gasteiger partial charge in [0.05, 0.1) is 7.11 Å². The van der Waals surface area contributed by atoms with Crippen LogP contribution in [0.2, 0.25) is 0 Å². The highest BCUT2D eigenvalue weighted by atomic mass is 16.5. The normalized spacial score (nSPS) is 10.3.